The van der Waals surface area contributed by atoms with Gasteiger partial charge in [-0.05, 0) is 12.8 Å². The predicted octanol–water partition coefficient (Wildman–Crippen LogP) is 7.13. The van der Waals surface area contributed by atoms with Crippen molar-refractivity contribution in [2.24, 2.45) is 0 Å². The van der Waals surface area contributed by atoms with E-state index in [9.17, 15) is 0 Å². The normalized spacial score (nSPS) is 10.1. The molecule has 0 aromatic heterocycles. The summed E-state index contributed by atoms with van der Waals surface area (Å²) in [6.45, 7) is 25.3. The van der Waals surface area contributed by atoms with Crippen molar-refractivity contribution >= 4 is 48.9 Å². The van der Waals surface area contributed by atoms with E-state index in [0.29, 0.717) is 0 Å². The summed E-state index contributed by atoms with van der Waals surface area (Å²) >= 11 is 0. The van der Waals surface area contributed by atoms with Gasteiger partial charge in [-0.1, -0.05) is 80.4 Å². The monoisotopic (exact) mass is 488 g/mol. The van der Waals surface area contributed by atoms with Gasteiger partial charge in [0.25, 0.3) is 0 Å². The Balaban J connectivity index is 0.000000483. The number of hydrogen-bond acceptors (Lipinski definition) is 0. The Morgan fingerprint density at radius 3 is 1.11 bits per heavy atom. The molecule has 0 fully saturated rings. The van der Waals surface area contributed by atoms with Crippen molar-refractivity contribution in [3.8, 4) is 0 Å². The third-order valence-electron chi connectivity index (χ3n) is 6.38. The van der Waals surface area contributed by atoms with Crippen LogP contribution in [0.15, 0.2) is 25.3 Å². The second-order valence-electron chi connectivity index (χ2n) is 7.61. The Kier molecular flexibility index (Phi) is 12.2. The molecule has 0 atom stereocenters. The molecule has 0 saturated carbocycles. The summed E-state index contributed by atoms with van der Waals surface area (Å²) in [7, 11) is 0. The molecule has 0 aliphatic heterocycles. The first-order chi connectivity index (χ1) is 12.2. The molecule has 2 rings (SSSR count). The van der Waals surface area contributed by atoms with Gasteiger partial charge in [0.15, 0.2) is 0 Å². The molecular weight excluding hydrogens is 450 g/mol. The number of rotatable bonds is 6. The van der Waals surface area contributed by atoms with Crippen LogP contribution in [0.2, 0.25) is 0 Å². The number of allylic oxidation sites excluding steroid dienone is 2. The summed E-state index contributed by atoms with van der Waals surface area (Å²) in [6, 6.07) is 0. The van der Waals surface area contributed by atoms with Crippen LogP contribution in [0.3, 0.4) is 0 Å². The van der Waals surface area contributed by atoms with Crippen LogP contribution >= 0.6 is 0 Å². The first-order valence-electron chi connectivity index (χ1n) is 9.84. The summed E-state index contributed by atoms with van der Waals surface area (Å²) in [4.78, 5) is 0. The first kappa shape index (κ1) is 26.8. The van der Waals surface area contributed by atoms with Gasteiger partial charge in [-0.2, -0.15) is 55.6 Å². The molecule has 0 saturated heterocycles. The Hall–Kier alpha value is -0.249. The smallest absolute Gasteiger partial charge is 0.195 e. The average molecular weight is 488 g/mol. The Bertz CT molecular complexity index is 648. The molecule has 0 heterocycles. The van der Waals surface area contributed by atoms with Gasteiger partial charge in [-0.15, -0.1) is 13.2 Å². The van der Waals surface area contributed by atoms with Crippen LogP contribution in [0.5, 0.6) is 0 Å². The van der Waals surface area contributed by atoms with E-state index in [1.54, 1.807) is 0 Å². The molecule has 27 heavy (non-hydrogen) atoms. The maximum Gasteiger partial charge on any atom is 2.00 e. The van der Waals surface area contributed by atoms with Crippen LogP contribution in [0, 0.1) is 55.4 Å². The summed E-state index contributed by atoms with van der Waals surface area (Å²) < 4.78 is 0. The fourth-order valence-corrected chi connectivity index (χ4v) is 3.84. The summed E-state index contributed by atoms with van der Waals surface area (Å²) in [5, 5.41) is 0. The predicted molar refractivity (Wildman–Crippen MR) is 125 cm³/mol. The van der Waals surface area contributed by atoms with Crippen molar-refractivity contribution in [2.75, 3.05) is 0 Å². The standard InChI is InChI=1S/2C13H19.Ba/c2*1-6-7-8-13-11(4)9(2)10(3)12(13)5;/h2*6H,1,7-8H2,2-5H3;/q2*-1;+2. The van der Waals surface area contributed by atoms with Gasteiger partial charge in [0.2, 0.25) is 0 Å². The molecule has 0 bridgehead atoms. The van der Waals surface area contributed by atoms with Crippen molar-refractivity contribution in [3.63, 3.8) is 0 Å². The van der Waals surface area contributed by atoms with Gasteiger partial charge in [-0.25, -0.2) is 0 Å². The van der Waals surface area contributed by atoms with Crippen molar-refractivity contribution in [1.82, 2.24) is 0 Å². The summed E-state index contributed by atoms with van der Waals surface area (Å²) in [6.07, 6.45) is 8.47. The molecule has 0 N–H and O–H groups in total. The fourth-order valence-electron chi connectivity index (χ4n) is 3.84. The molecule has 0 aliphatic carbocycles. The van der Waals surface area contributed by atoms with Gasteiger partial charge >= 0.3 is 48.9 Å². The van der Waals surface area contributed by atoms with Gasteiger partial charge in [0.05, 0.1) is 0 Å². The zero-order valence-corrected chi connectivity index (χ0v) is 23.5. The van der Waals surface area contributed by atoms with Gasteiger partial charge in [0.1, 0.15) is 0 Å². The van der Waals surface area contributed by atoms with E-state index in [1.807, 2.05) is 12.2 Å². The molecule has 0 aliphatic rings. The van der Waals surface area contributed by atoms with E-state index >= 15 is 0 Å². The Morgan fingerprint density at radius 1 is 0.630 bits per heavy atom. The van der Waals surface area contributed by atoms with E-state index < -0.39 is 0 Å². The zero-order valence-electron chi connectivity index (χ0n) is 19.1. The molecule has 2 aromatic rings. The van der Waals surface area contributed by atoms with Crippen LogP contribution < -0.4 is 0 Å². The van der Waals surface area contributed by atoms with Crippen LogP contribution in [0.25, 0.3) is 0 Å². The van der Waals surface area contributed by atoms with Crippen LogP contribution in [-0.4, -0.2) is 48.9 Å². The molecule has 2 aromatic carbocycles. The molecule has 0 amide bonds. The fraction of sp³-hybridized carbons (Fsp3) is 0.462. The van der Waals surface area contributed by atoms with Gasteiger partial charge in [-0.3, -0.25) is 0 Å². The third-order valence-corrected chi connectivity index (χ3v) is 6.38. The SMILES string of the molecule is C=CCCc1c(C)c(C)[c-](C)c1C.C=CCCc1c(C)c(C)[c-](C)c1C.[Ba+2]. The maximum absolute atomic E-state index is 3.76. The molecule has 0 radical (unpaired) electrons. The summed E-state index contributed by atoms with van der Waals surface area (Å²) in [5.41, 5.74) is 14.9. The van der Waals surface area contributed by atoms with Crippen molar-refractivity contribution in [1.29, 1.82) is 0 Å². The van der Waals surface area contributed by atoms with Crippen LogP contribution in [0.4, 0.5) is 0 Å². The Labute approximate surface area is 209 Å². The van der Waals surface area contributed by atoms with E-state index in [-0.39, 0.29) is 48.9 Å². The molecule has 1 heteroatoms. The molecule has 0 unspecified atom stereocenters. The first-order valence-corrected chi connectivity index (χ1v) is 9.84. The quantitative estimate of drug-likeness (QED) is 0.231. The zero-order chi connectivity index (χ0) is 20.0. The largest absolute Gasteiger partial charge is 2.00 e. The van der Waals surface area contributed by atoms with E-state index in [4.69, 9.17) is 0 Å². The van der Waals surface area contributed by atoms with E-state index in [2.05, 4.69) is 68.5 Å². The van der Waals surface area contributed by atoms with Crippen molar-refractivity contribution < 1.29 is 0 Å². The van der Waals surface area contributed by atoms with Gasteiger partial charge in [0, 0.05) is 0 Å². The molecule has 0 nitrogen and oxygen atoms in total. The molecular formula is C26H38Ba. The van der Waals surface area contributed by atoms with Crippen molar-refractivity contribution in [3.05, 3.63) is 80.9 Å². The van der Waals surface area contributed by atoms with Crippen LogP contribution in [0.1, 0.15) is 68.5 Å². The minimum Gasteiger partial charge on any atom is -0.195 e. The van der Waals surface area contributed by atoms with Crippen molar-refractivity contribution in [2.45, 2.75) is 81.1 Å². The molecule has 144 valence electrons. The third kappa shape index (κ3) is 6.37. The molecule has 0 spiro atoms. The second kappa shape index (κ2) is 12.3. The average Bonchev–Trinajstić information content (AvgIpc) is 2.93. The number of hydrogen-bond donors (Lipinski definition) is 0. The minimum absolute atomic E-state index is 0. The minimum atomic E-state index is 0. The van der Waals surface area contributed by atoms with Gasteiger partial charge < -0.3 is 0 Å². The summed E-state index contributed by atoms with van der Waals surface area (Å²) in [5.74, 6) is 0. The van der Waals surface area contributed by atoms with E-state index in [0.717, 1.165) is 25.7 Å². The van der Waals surface area contributed by atoms with Crippen LogP contribution in [-0.2, 0) is 12.8 Å². The topological polar surface area (TPSA) is 0 Å². The Morgan fingerprint density at radius 2 is 0.926 bits per heavy atom. The maximum atomic E-state index is 3.76. The second-order valence-corrected chi connectivity index (χ2v) is 7.61. The van der Waals surface area contributed by atoms with E-state index in [1.165, 1.54) is 55.6 Å².